The Morgan fingerprint density at radius 1 is 1.47 bits per heavy atom. The molecule has 1 atom stereocenters. The molecule has 1 aliphatic rings. The predicted molar refractivity (Wildman–Crippen MR) is 68.1 cm³/mol. The second-order valence-corrected chi connectivity index (χ2v) is 4.91. The average molecular weight is 248 g/mol. The van der Waals surface area contributed by atoms with Crippen LogP contribution >= 0.6 is 11.6 Å². The van der Waals surface area contributed by atoms with E-state index in [1.165, 1.54) is 18.5 Å². The van der Waals surface area contributed by atoms with Gasteiger partial charge in [-0.25, -0.2) is 4.98 Å². The van der Waals surface area contributed by atoms with E-state index in [1.807, 2.05) is 18.3 Å². The Morgan fingerprint density at radius 2 is 2.35 bits per heavy atom. The van der Waals surface area contributed by atoms with Crippen LogP contribution in [0.4, 0.5) is 0 Å². The summed E-state index contributed by atoms with van der Waals surface area (Å²) < 4.78 is 2.24. The molecular formula is C13H14ClN3. The Kier molecular flexibility index (Phi) is 2.63. The van der Waals surface area contributed by atoms with Crippen LogP contribution < -0.4 is 0 Å². The summed E-state index contributed by atoms with van der Waals surface area (Å²) in [5.41, 5.74) is 2.21. The van der Waals surface area contributed by atoms with Gasteiger partial charge in [0.15, 0.2) is 5.15 Å². The van der Waals surface area contributed by atoms with E-state index in [0.717, 1.165) is 17.9 Å². The molecule has 0 aliphatic carbocycles. The topological polar surface area (TPSA) is 30.7 Å². The van der Waals surface area contributed by atoms with Crippen LogP contribution in [0.1, 0.15) is 31.4 Å². The summed E-state index contributed by atoms with van der Waals surface area (Å²) in [5, 5.41) is 0.649. The summed E-state index contributed by atoms with van der Waals surface area (Å²) in [6.45, 7) is 3.22. The molecule has 0 saturated heterocycles. The minimum atomic E-state index is 0.495. The molecule has 0 aromatic carbocycles. The highest BCUT2D eigenvalue weighted by Gasteiger charge is 2.24. The summed E-state index contributed by atoms with van der Waals surface area (Å²) in [5.74, 6) is 1.44. The fourth-order valence-corrected chi connectivity index (χ4v) is 2.91. The van der Waals surface area contributed by atoms with Crippen LogP contribution in [0.3, 0.4) is 0 Å². The van der Waals surface area contributed by atoms with Gasteiger partial charge >= 0.3 is 0 Å². The number of rotatable bonds is 1. The van der Waals surface area contributed by atoms with Crippen LogP contribution in [-0.4, -0.2) is 14.5 Å². The molecule has 17 heavy (non-hydrogen) atoms. The normalized spacial score (nSPS) is 19.1. The lowest BCUT2D eigenvalue weighted by molar-refractivity contribution is 0.478. The highest BCUT2D eigenvalue weighted by molar-refractivity contribution is 6.30. The summed E-state index contributed by atoms with van der Waals surface area (Å²) in [6, 6.07) is 3.95. The maximum absolute atomic E-state index is 6.26. The fourth-order valence-electron chi connectivity index (χ4n) is 2.54. The smallest absolute Gasteiger partial charge is 0.151 e. The first-order chi connectivity index (χ1) is 8.27. The van der Waals surface area contributed by atoms with Crippen molar-refractivity contribution in [2.24, 2.45) is 0 Å². The van der Waals surface area contributed by atoms with Crippen molar-refractivity contribution in [3.8, 4) is 11.4 Å². The van der Waals surface area contributed by atoms with Gasteiger partial charge in [-0.05, 0) is 30.9 Å². The molecule has 3 heterocycles. The third-order valence-electron chi connectivity index (χ3n) is 3.37. The van der Waals surface area contributed by atoms with Crippen molar-refractivity contribution >= 4 is 11.6 Å². The summed E-state index contributed by atoms with van der Waals surface area (Å²) in [7, 11) is 0. The highest BCUT2D eigenvalue weighted by Crippen LogP contribution is 2.35. The van der Waals surface area contributed by atoms with E-state index in [1.54, 1.807) is 6.20 Å². The average Bonchev–Trinajstić information content (AvgIpc) is 2.69. The number of pyridine rings is 1. The monoisotopic (exact) mass is 247 g/mol. The molecule has 1 unspecified atom stereocenters. The number of hydrogen-bond acceptors (Lipinski definition) is 2. The van der Waals surface area contributed by atoms with Gasteiger partial charge in [-0.15, -0.1) is 0 Å². The first-order valence-corrected chi connectivity index (χ1v) is 6.31. The maximum atomic E-state index is 6.26. The molecule has 0 amide bonds. The zero-order valence-electron chi connectivity index (χ0n) is 9.73. The van der Waals surface area contributed by atoms with Crippen LogP contribution in [0.25, 0.3) is 11.4 Å². The molecule has 88 valence electrons. The van der Waals surface area contributed by atoms with Crippen molar-refractivity contribution in [3.05, 3.63) is 35.4 Å². The molecule has 0 spiro atoms. The summed E-state index contributed by atoms with van der Waals surface area (Å²) in [6.07, 6.45) is 5.99. The molecule has 2 aromatic heterocycles. The van der Waals surface area contributed by atoms with E-state index in [-0.39, 0.29) is 0 Å². The number of hydrogen-bond donors (Lipinski definition) is 0. The molecule has 0 bridgehead atoms. The van der Waals surface area contributed by atoms with Crippen LogP contribution in [0.2, 0.25) is 5.15 Å². The second kappa shape index (κ2) is 4.15. The first kappa shape index (κ1) is 10.8. The van der Waals surface area contributed by atoms with Gasteiger partial charge in [-0.2, -0.15) is 0 Å². The molecule has 3 rings (SSSR count). The van der Waals surface area contributed by atoms with Crippen LogP contribution in [0.15, 0.2) is 24.5 Å². The van der Waals surface area contributed by atoms with Crippen molar-refractivity contribution in [2.45, 2.75) is 32.2 Å². The standard InChI is InChI=1S/C13H14ClN3/c1-9-4-3-7-17-11(9)12(14)16-13(17)10-5-2-6-15-8-10/h2,5-6,8-9H,3-4,7H2,1H3. The number of nitrogens with zero attached hydrogens (tertiary/aromatic N) is 3. The molecular weight excluding hydrogens is 234 g/mol. The Labute approximate surface area is 105 Å². The van der Waals surface area contributed by atoms with Gasteiger partial charge in [0.2, 0.25) is 0 Å². The van der Waals surface area contributed by atoms with Crippen LogP contribution in [0.5, 0.6) is 0 Å². The summed E-state index contributed by atoms with van der Waals surface area (Å²) >= 11 is 6.26. The second-order valence-electron chi connectivity index (χ2n) is 4.55. The van der Waals surface area contributed by atoms with E-state index in [9.17, 15) is 0 Å². The Balaban J connectivity index is 2.17. The SMILES string of the molecule is CC1CCCn2c(-c3cccnc3)nc(Cl)c21. The third kappa shape index (κ3) is 1.75. The van der Waals surface area contributed by atoms with Crippen LogP contribution in [-0.2, 0) is 6.54 Å². The lowest BCUT2D eigenvalue weighted by atomic mass is 9.98. The van der Waals surface area contributed by atoms with E-state index in [0.29, 0.717) is 11.1 Å². The molecule has 0 N–H and O–H groups in total. The molecule has 0 radical (unpaired) electrons. The van der Waals surface area contributed by atoms with Gasteiger partial charge in [0.05, 0.1) is 5.69 Å². The molecule has 4 heteroatoms. The minimum Gasteiger partial charge on any atom is -0.326 e. The van der Waals surface area contributed by atoms with Crippen molar-refractivity contribution in [3.63, 3.8) is 0 Å². The van der Waals surface area contributed by atoms with E-state index < -0.39 is 0 Å². The van der Waals surface area contributed by atoms with Gasteiger partial charge < -0.3 is 4.57 Å². The van der Waals surface area contributed by atoms with E-state index in [2.05, 4.69) is 21.5 Å². The Morgan fingerprint density at radius 3 is 3.12 bits per heavy atom. The largest absolute Gasteiger partial charge is 0.326 e. The molecule has 0 saturated carbocycles. The highest BCUT2D eigenvalue weighted by atomic mass is 35.5. The molecule has 2 aromatic rings. The van der Waals surface area contributed by atoms with Gasteiger partial charge in [-0.3, -0.25) is 4.98 Å². The number of imidazole rings is 1. The zero-order chi connectivity index (χ0) is 11.8. The minimum absolute atomic E-state index is 0.495. The van der Waals surface area contributed by atoms with Crippen molar-refractivity contribution in [2.75, 3.05) is 0 Å². The lowest BCUT2D eigenvalue weighted by Gasteiger charge is -2.22. The van der Waals surface area contributed by atoms with Crippen molar-refractivity contribution in [1.82, 2.24) is 14.5 Å². The lowest BCUT2D eigenvalue weighted by Crippen LogP contribution is -2.14. The van der Waals surface area contributed by atoms with Crippen LogP contribution in [0, 0.1) is 0 Å². The van der Waals surface area contributed by atoms with Gasteiger partial charge in [0, 0.05) is 24.5 Å². The zero-order valence-corrected chi connectivity index (χ0v) is 10.5. The molecule has 0 fully saturated rings. The number of halogens is 1. The maximum Gasteiger partial charge on any atom is 0.151 e. The van der Waals surface area contributed by atoms with Gasteiger partial charge in [0.1, 0.15) is 5.82 Å². The molecule has 3 nitrogen and oxygen atoms in total. The van der Waals surface area contributed by atoms with E-state index in [4.69, 9.17) is 11.6 Å². The number of aromatic nitrogens is 3. The predicted octanol–water partition coefficient (Wildman–Crippen LogP) is 3.50. The van der Waals surface area contributed by atoms with Gasteiger partial charge in [0.25, 0.3) is 0 Å². The Hall–Kier alpha value is -1.35. The van der Waals surface area contributed by atoms with Crippen molar-refractivity contribution in [1.29, 1.82) is 0 Å². The Bertz CT molecular complexity index is 533. The quantitative estimate of drug-likeness (QED) is 0.772. The first-order valence-electron chi connectivity index (χ1n) is 5.93. The van der Waals surface area contributed by atoms with E-state index >= 15 is 0 Å². The third-order valence-corrected chi connectivity index (χ3v) is 3.65. The number of fused-ring (bicyclic) bond motifs is 1. The van der Waals surface area contributed by atoms with Gasteiger partial charge in [-0.1, -0.05) is 18.5 Å². The fraction of sp³-hybridized carbons (Fsp3) is 0.385. The molecule has 1 aliphatic heterocycles. The van der Waals surface area contributed by atoms with Crippen molar-refractivity contribution < 1.29 is 0 Å². The summed E-state index contributed by atoms with van der Waals surface area (Å²) in [4.78, 5) is 8.64.